The van der Waals surface area contributed by atoms with Crippen molar-refractivity contribution in [3.8, 4) is 0 Å². The fourth-order valence-electron chi connectivity index (χ4n) is 1.39. The van der Waals surface area contributed by atoms with Crippen molar-refractivity contribution < 1.29 is 24.2 Å². The summed E-state index contributed by atoms with van der Waals surface area (Å²) < 4.78 is 10.00. The quantitative estimate of drug-likeness (QED) is 0.559. The van der Waals surface area contributed by atoms with Crippen LogP contribution in [0.25, 0.3) is 0 Å². The van der Waals surface area contributed by atoms with E-state index in [0.717, 1.165) is 0 Å². The van der Waals surface area contributed by atoms with Crippen LogP contribution in [0.1, 0.15) is 20.8 Å². The van der Waals surface area contributed by atoms with Gasteiger partial charge in [0.2, 0.25) is 6.29 Å². The van der Waals surface area contributed by atoms with Crippen LogP contribution in [0.5, 0.6) is 0 Å². The molecular weight excluding hydrogens is 200 g/mol. The number of Topliss-reactive ketones (excluding diaryl/α,β-unsaturated/α-hetero) is 1. The third kappa shape index (κ3) is 2.18. The molecule has 0 spiro atoms. The first kappa shape index (κ1) is 11.7. The molecule has 1 aliphatic rings. The Labute approximate surface area is 87.7 Å². The number of carbonyl (C=O) groups is 2. The van der Waals surface area contributed by atoms with Crippen LogP contribution in [0.3, 0.4) is 0 Å². The molecule has 0 fully saturated rings. The topological polar surface area (TPSA) is 72.8 Å². The Morgan fingerprint density at radius 3 is 2.67 bits per heavy atom. The number of ether oxygens (including phenoxy) is 2. The summed E-state index contributed by atoms with van der Waals surface area (Å²) in [5, 5.41) is 9.65. The molecule has 15 heavy (non-hydrogen) atoms. The smallest absolute Gasteiger partial charge is 0.347 e. The van der Waals surface area contributed by atoms with Crippen molar-refractivity contribution in [2.45, 2.75) is 27.1 Å². The van der Waals surface area contributed by atoms with Crippen molar-refractivity contribution in [1.82, 2.24) is 0 Å². The van der Waals surface area contributed by atoms with E-state index in [1.54, 1.807) is 13.8 Å². The highest BCUT2D eigenvalue weighted by atomic mass is 16.7. The first-order valence-corrected chi connectivity index (χ1v) is 4.75. The van der Waals surface area contributed by atoms with Crippen molar-refractivity contribution >= 4 is 11.8 Å². The molecule has 0 aromatic rings. The lowest BCUT2D eigenvalue weighted by molar-refractivity contribution is -0.189. The summed E-state index contributed by atoms with van der Waals surface area (Å²) in [6, 6.07) is 0. The Kier molecular flexibility index (Phi) is 3.47. The zero-order valence-corrected chi connectivity index (χ0v) is 8.94. The van der Waals surface area contributed by atoms with Crippen molar-refractivity contribution in [3.63, 3.8) is 0 Å². The standard InChI is InChI=1S/C10H14O5/c1-4-14-10-5(2)8(12)7(6(3)11)9(13)15-10/h5,10,12H,4H2,1-3H3. The Morgan fingerprint density at radius 2 is 2.20 bits per heavy atom. The van der Waals surface area contributed by atoms with Gasteiger partial charge in [0.15, 0.2) is 5.78 Å². The Hall–Kier alpha value is -1.36. The Morgan fingerprint density at radius 1 is 1.60 bits per heavy atom. The van der Waals surface area contributed by atoms with Gasteiger partial charge in [-0.05, 0) is 20.8 Å². The molecule has 0 aromatic heterocycles. The molecule has 2 unspecified atom stereocenters. The van der Waals surface area contributed by atoms with E-state index in [-0.39, 0.29) is 11.3 Å². The van der Waals surface area contributed by atoms with Gasteiger partial charge in [0.05, 0.1) is 5.92 Å². The van der Waals surface area contributed by atoms with Gasteiger partial charge in [-0.3, -0.25) is 4.79 Å². The van der Waals surface area contributed by atoms with Crippen LogP contribution in [-0.2, 0) is 19.1 Å². The lowest BCUT2D eigenvalue weighted by atomic mass is 9.99. The van der Waals surface area contributed by atoms with E-state index in [9.17, 15) is 14.7 Å². The van der Waals surface area contributed by atoms with Gasteiger partial charge in [-0.25, -0.2) is 4.79 Å². The fourth-order valence-corrected chi connectivity index (χ4v) is 1.39. The fraction of sp³-hybridized carbons (Fsp3) is 0.600. The van der Waals surface area contributed by atoms with Crippen molar-refractivity contribution in [1.29, 1.82) is 0 Å². The van der Waals surface area contributed by atoms with Crippen molar-refractivity contribution in [3.05, 3.63) is 11.3 Å². The molecule has 0 saturated carbocycles. The van der Waals surface area contributed by atoms with E-state index in [1.165, 1.54) is 6.92 Å². The van der Waals surface area contributed by atoms with Gasteiger partial charge >= 0.3 is 5.97 Å². The van der Waals surface area contributed by atoms with Crippen LogP contribution in [0.15, 0.2) is 11.3 Å². The van der Waals surface area contributed by atoms with Gasteiger partial charge in [-0.1, -0.05) is 0 Å². The monoisotopic (exact) mass is 214 g/mol. The molecule has 0 radical (unpaired) electrons. The number of rotatable bonds is 3. The Balaban J connectivity index is 3.00. The summed E-state index contributed by atoms with van der Waals surface area (Å²) >= 11 is 0. The lowest BCUT2D eigenvalue weighted by Crippen LogP contribution is -2.37. The van der Waals surface area contributed by atoms with E-state index in [0.29, 0.717) is 6.61 Å². The number of hydrogen-bond acceptors (Lipinski definition) is 5. The highest BCUT2D eigenvalue weighted by Crippen LogP contribution is 2.26. The summed E-state index contributed by atoms with van der Waals surface area (Å²) in [6.45, 7) is 4.96. The molecule has 84 valence electrons. The molecule has 0 aliphatic carbocycles. The molecule has 1 N–H and O–H groups in total. The summed E-state index contributed by atoms with van der Waals surface area (Å²) in [5.41, 5.74) is -0.279. The third-order valence-electron chi connectivity index (χ3n) is 2.21. The van der Waals surface area contributed by atoms with E-state index in [4.69, 9.17) is 9.47 Å². The van der Waals surface area contributed by atoms with Gasteiger partial charge in [0.1, 0.15) is 11.3 Å². The second-order valence-corrected chi connectivity index (χ2v) is 3.33. The average molecular weight is 214 g/mol. The van der Waals surface area contributed by atoms with Crippen LogP contribution < -0.4 is 0 Å². The molecular formula is C10H14O5. The van der Waals surface area contributed by atoms with Crippen LogP contribution in [0, 0.1) is 5.92 Å². The van der Waals surface area contributed by atoms with Gasteiger partial charge in [-0.15, -0.1) is 0 Å². The molecule has 5 nitrogen and oxygen atoms in total. The normalized spacial score (nSPS) is 26.5. The van der Waals surface area contributed by atoms with Crippen LogP contribution >= 0.6 is 0 Å². The molecule has 0 aromatic carbocycles. The largest absolute Gasteiger partial charge is 0.511 e. The van der Waals surface area contributed by atoms with Crippen molar-refractivity contribution in [2.75, 3.05) is 6.61 Å². The maximum absolute atomic E-state index is 11.3. The number of ketones is 1. The highest BCUT2D eigenvalue weighted by Gasteiger charge is 2.37. The van der Waals surface area contributed by atoms with E-state index >= 15 is 0 Å². The number of aliphatic hydroxyl groups excluding tert-OH is 1. The first-order valence-electron chi connectivity index (χ1n) is 4.75. The summed E-state index contributed by atoms with van der Waals surface area (Å²) in [6.07, 6.45) is -0.814. The molecule has 1 rings (SSSR count). The highest BCUT2D eigenvalue weighted by molar-refractivity contribution is 6.17. The molecule has 0 bridgehead atoms. The van der Waals surface area contributed by atoms with Gasteiger partial charge < -0.3 is 14.6 Å². The average Bonchev–Trinajstić information content (AvgIpc) is 2.13. The summed E-state index contributed by atoms with van der Waals surface area (Å²) in [5.74, 6) is -2.09. The van der Waals surface area contributed by atoms with Gasteiger partial charge in [0, 0.05) is 6.61 Å². The number of cyclic esters (lactones) is 1. The predicted molar refractivity (Wildman–Crippen MR) is 51.0 cm³/mol. The van der Waals surface area contributed by atoms with E-state index in [1.807, 2.05) is 0 Å². The molecule has 1 aliphatic heterocycles. The minimum absolute atomic E-state index is 0.253. The Bertz CT molecular complexity index is 318. The second-order valence-electron chi connectivity index (χ2n) is 3.33. The van der Waals surface area contributed by atoms with Crippen LogP contribution in [-0.4, -0.2) is 29.8 Å². The maximum atomic E-state index is 11.3. The minimum atomic E-state index is -0.823. The number of hydrogen-bond donors (Lipinski definition) is 1. The molecule has 1 heterocycles. The third-order valence-corrected chi connectivity index (χ3v) is 2.21. The van der Waals surface area contributed by atoms with Crippen LogP contribution in [0.2, 0.25) is 0 Å². The van der Waals surface area contributed by atoms with Crippen LogP contribution in [0.4, 0.5) is 0 Å². The number of carbonyl (C=O) groups excluding carboxylic acids is 2. The summed E-state index contributed by atoms with van der Waals surface area (Å²) in [4.78, 5) is 22.4. The zero-order chi connectivity index (χ0) is 11.6. The van der Waals surface area contributed by atoms with Gasteiger partial charge in [-0.2, -0.15) is 0 Å². The number of aliphatic hydroxyl groups is 1. The van der Waals surface area contributed by atoms with E-state index in [2.05, 4.69) is 0 Å². The molecule has 0 amide bonds. The molecule has 2 atom stereocenters. The first-order chi connectivity index (χ1) is 6.99. The van der Waals surface area contributed by atoms with Crippen molar-refractivity contribution in [2.24, 2.45) is 5.92 Å². The zero-order valence-electron chi connectivity index (χ0n) is 8.94. The maximum Gasteiger partial charge on any atom is 0.347 e. The van der Waals surface area contributed by atoms with E-state index < -0.39 is 24.0 Å². The minimum Gasteiger partial charge on any atom is -0.511 e. The summed E-state index contributed by atoms with van der Waals surface area (Å²) in [7, 11) is 0. The second kappa shape index (κ2) is 4.44. The van der Waals surface area contributed by atoms with Gasteiger partial charge in [0.25, 0.3) is 0 Å². The SMILES string of the molecule is CCOC1OC(=O)C(C(C)=O)=C(O)C1C. The molecule has 5 heteroatoms. The lowest BCUT2D eigenvalue weighted by Gasteiger charge is -2.28. The molecule has 0 saturated heterocycles. The number of esters is 1. The predicted octanol–water partition coefficient (Wildman–Crippen LogP) is 0.943.